The fraction of sp³-hybridized carbons (Fsp3) is 0.192. The first kappa shape index (κ1) is 22.6. The molecule has 1 aromatic heterocycles. The highest BCUT2D eigenvalue weighted by molar-refractivity contribution is 7.92. The van der Waals surface area contributed by atoms with Gasteiger partial charge in [0.1, 0.15) is 0 Å². The molecule has 0 saturated heterocycles. The molecular weight excluding hydrogens is 436 g/mol. The number of sulfonamides is 1. The molecule has 33 heavy (non-hydrogen) atoms. The molecule has 0 aliphatic heterocycles. The average molecular weight is 463 g/mol. The maximum atomic E-state index is 12.9. The molecule has 6 nitrogen and oxygen atoms in total. The number of aromatic nitrogens is 1. The van der Waals surface area contributed by atoms with E-state index in [1.54, 1.807) is 43.3 Å². The molecule has 0 fully saturated rings. The lowest BCUT2D eigenvalue weighted by atomic mass is 10.1. The van der Waals surface area contributed by atoms with E-state index in [2.05, 4.69) is 4.72 Å². The summed E-state index contributed by atoms with van der Waals surface area (Å²) in [5, 5.41) is 0.621. The smallest absolute Gasteiger partial charge is 0.340 e. The van der Waals surface area contributed by atoms with Gasteiger partial charge in [-0.25, -0.2) is 13.2 Å². The van der Waals surface area contributed by atoms with Crippen molar-refractivity contribution >= 4 is 32.6 Å². The number of esters is 1. The van der Waals surface area contributed by atoms with Gasteiger partial charge in [0.15, 0.2) is 0 Å². The summed E-state index contributed by atoms with van der Waals surface area (Å²) >= 11 is 0. The zero-order chi connectivity index (χ0) is 23.8. The molecule has 0 amide bonds. The van der Waals surface area contributed by atoms with Crippen LogP contribution in [-0.2, 0) is 14.8 Å². The Morgan fingerprint density at radius 2 is 1.52 bits per heavy atom. The van der Waals surface area contributed by atoms with Gasteiger partial charge in [0, 0.05) is 22.5 Å². The van der Waals surface area contributed by atoms with Gasteiger partial charge in [-0.05, 0) is 70.2 Å². The minimum atomic E-state index is -3.78. The quantitative estimate of drug-likeness (QED) is 0.382. The Hall–Kier alpha value is -3.58. The molecule has 0 atom stereocenters. The molecule has 4 rings (SSSR count). The van der Waals surface area contributed by atoms with Gasteiger partial charge in [-0.2, -0.15) is 0 Å². The molecule has 1 heterocycles. The predicted molar refractivity (Wildman–Crippen MR) is 131 cm³/mol. The first-order chi connectivity index (χ1) is 15.7. The summed E-state index contributed by atoms with van der Waals surface area (Å²) in [5.74, 6) is -0.440. The number of ether oxygens (including phenoxy) is 1. The highest BCUT2D eigenvalue weighted by Crippen LogP contribution is 2.32. The predicted octanol–water partition coefficient (Wildman–Crippen LogP) is 5.53. The van der Waals surface area contributed by atoms with E-state index in [-0.39, 0.29) is 11.5 Å². The molecule has 0 bridgehead atoms. The van der Waals surface area contributed by atoms with Gasteiger partial charge in [-0.1, -0.05) is 35.4 Å². The number of nitrogens with zero attached hydrogens (tertiary/aromatic N) is 1. The van der Waals surface area contributed by atoms with Crippen LogP contribution in [0.5, 0.6) is 0 Å². The van der Waals surface area contributed by atoms with Crippen molar-refractivity contribution in [2.24, 2.45) is 0 Å². The van der Waals surface area contributed by atoms with Gasteiger partial charge in [0.05, 0.1) is 22.6 Å². The highest BCUT2D eigenvalue weighted by atomic mass is 32.2. The molecule has 0 spiro atoms. The van der Waals surface area contributed by atoms with E-state index >= 15 is 0 Å². The van der Waals surface area contributed by atoms with Crippen LogP contribution in [0.3, 0.4) is 0 Å². The summed E-state index contributed by atoms with van der Waals surface area (Å²) < 4.78 is 35.7. The number of carbonyl (C=O) groups is 1. The highest BCUT2D eigenvalue weighted by Gasteiger charge is 2.23. The molecular formula is C26H26N2O4S. The SMILES string of the molecule is CCOC(=O)c1c(C)n(-c2ccc(C)cc2)c2ccc(NS(=O)(=O)c3ccc(C)cc3)cc12. The lowest BCUT2D eigenvalue weighted by Crippen LogP contribution is -2.13. The molecule has 170 valence electrons. The third-order valence-electron chi connectivity index (χ3n) is 5.56. The molecule has 0 aliphatic rings. The van der Waals surface area contributed by atoms with Crippen molar-refractivity contribution in [2.45, 2.75) is 32.6 Å². The van der Waals surface area contributed by atoms with Crippen LogP contribution >= 0.6 is 0 Å². The maximum absolute atomic E-state index is 12.9. The Labute approximate surface area is 193 Å². The van der Waals surface area contributed by atoms with E-state index in [4.69, 9.17) is 4.74 Å². The van der Waals surface area contributed by atoms with Crippen LogP contribution in [0, 0.1) is 20.8 Å². The largest absolute Gasteiger partial charge is 0.462 e. The Kier molecular flexibility index (Phi) is 5.99. The number of fused-ring (bicyclic) bond motifs is 1. The van der Waals surface area contributed by atoms with Crippen LogP contribution < -0.4 is 4.72 Å². The normalized spacial score (nSPS) is 11.5. The van der Waals surface area contributed by atoms with Crippen molar-refractivity contribution in [1.82, 2.24) is 4.57 Å². The van der Waals surface area contributed by atoms with Gasteiger partial charge in [0.25, 0.3) is 10.0 Å². The number of anilines is 1. The van der Waals surface area contributed by atoms with E-state index in [9.17, 15) is 13.2 Å². The molecule has 0 radical (unpaired) electrons. The number of aryl methyl sites for hydroxylation is 2. The molecule has 1 N–H and O–H groups in total. The van der Waals surface area contributed by atoms with E-state index in [0.717, 1.165) is 28.0 Å². The zero-order valence-corrected chi connectivity index (χ0v) is 19.9. The van der Waals surface area contributed by atoms with E-state index in [1.807, 2.05) is 55.7 Å². The summed E-state index contributed by atoms with van der Waals surface area (Å²) in [5.41, 5.74) is 5.32. The maximum Gasteiger partial charge on any atom is 0.340 e. The van der Waals surface area contributed by atoms with Crippen molar-refractivity contribution < 1.29 is 17.9 Å². The van der Waals surface area contributed by atoms with Crippen LogP contribution in [0.2, 0.25) is 0 Å². The topological polar surface area (TPSA) is 77.4 Å². The van der Waals surface area contributed by atoms with Crippen LogP contribution in [-0.4, -0.2) is 25.6 Å². The molecule has 0 unspecified atom stereocenters. The van der Waals surface area contributed by atoms with Gasteiger partial charge in [-0.15, -0.1) is 0 Å². The fourth-order valence-electron chi connectivity index (χ4n) is 3.90. The van der Waals surface area contributed by atoms with Crippen LogP contribution in [0.15, 0.2) is 71.6 Å². The van der Waals surface area contributed by atoms with Gasteiger partial charge in [-0.3, -0.25) is 4.72 Å². The molecule has 4 aromatic rings. The van der Waals surface area contributed by atoms with Crippen LogP contribution in [0.4, 0.5) is 5.69 Å². The minimum absolute atomic E-state index is 0.173. The van der Waals surface area contributed by atoms with Crippen molar-refractivity contribution in [2.75, 3.05) is 11.3 Å². The number of hydrogen-bond acceptors (Lipinski definition) is 4. The Balaban J connectivity index is 1.85. The minimum Gasteiger partial charge on any atom is -0.462 e. The van der Waals surface area contributed by atoms with Crippen LogP contribution in [0.1, 0.15) is 34.1 Å². The summed E-state index contributed by atoms with van der Waals surface area (Å²) in [4.78, 5) is 13.0. The number of benzene rings is 3. The van der Waals surface area contributed by atoms with E-state index in [1.165, 1.54) is 0 Å². The second-order valence-electron chi connectivity index (χ2n) is 8.00. The van der Waals surface area contributed by atoms with Crippen molar-refractivity contribution in [1.29, 1.82) is 0 Å². The molecule has 0 aliphatic carbocycles. The third kappa shape index (κ3) is 4.36. The number of hydrogen-bond donors (Lipinski definition) is 1. The Bertz CT molecular complexity index is 1430. The Morgan fingerprint density at radius 1 is 0.909 bits per heavy atom. The second kappa shape index (κ2) is 8.75. The number of carbonyl (C=O) groups excluding carboxylic acids is 1. The van der Waals surface area contributed by atoms with Crippen molar-refractivity contribution in [3.63, 3.8) is 0 Å². The second-order valence-corrected chi connectivity index (χ2v) is 9.68. The molecule has 0 saturated carbocycles. The number of nitrogens with one attached hydrogen (secondary N) is 1. The fourth-order valence-corrected chi connectivity index (χ4v) is 4.95. The first-order valence-electron chi connectivity index (χ1n) is 10.7. The summed E-state index contributed by atoms with van der Waals surface area (Å²) in [7, 11) is -3.78. The molecule has 7 heteroatoms. The monoisotopic (exact) mass is 462 g/mol. The number of rotatable bonds is 6. The Morgan fingerprint density at radius 3 is 2.12 bits per heavy atom. The van der Waals surface area contributed by atoms with E-state index < -0.39 is 16.0 Å². The first-order valence-corrected chi connectivity index (χ1v) is 12.2. The average Bonchev–Trinajstić information content (AvgIpc) is 3.05. The van der Waals surface area contributed by atoms with Crippen molar-refractivity contribution in [3.05, 3.63) is 89.1 Å². The lowest BCUT2D eigenvalue weighted by Gasteiger charge is -2.10. The lowest BCUT2D eigenvalue weighted by molar-refractivity contribution is 0.0527. The zero-order valence-electron chi connectivity index (χ0n) is 19.0. The van der Waals surface area contributed by atoms with Gasteiger partial charge < -0.3 is 9.30 Å². The van der Waals surface area contributed by atoms with Gasteiger partial charge >= 0.3 is 5.97 Å². The molecule has 3 aromatic carbocycles. The summed E-state index contributed by atoms with van der Waals surface area (Å²) in [6.07, 6.45) is 0. The van der Waals surface area contributed by atoms with E-state index in [0.29, 0.717) is 16.6 Å². The summed E-state index contributed by atoms with van der Waals surface area (Å²) in [6, 6.07) is 19.8. The van der Waals surface area contributed by atoms with Gasteiger partial charge in [0.2, 0.25) is 0 Å². The van der Waals surface area contributed by atoms with Crippen molar-refractivity contribution in [3.8, 4) is 5.69 Å². The van der Waals surface area contributed by atoms with Crippen LogP contribution in [0.25, 0.3) is 16.6 Å². The summed E-state index contributed by atoms with van der Waals surface area (Å²) in [6.45, 7) is 7.78. The third-order valence-corrected chi connectivity index (χ3v) is 6.96. The standard InChI is InChI=1S/C26H26N2O4S/c1-5-32-26(29)25-19(4)28(21-11-6-17(2)7-12-21)24-15-10-20(16-23(24)25)27-33(30,31)22-13-8-18(3)9-14-22/h6-16,27H,5H2,1-4H3.